The van der Waals surface area contributed by atoms with Crippen LogP contribution in [0.1, 0.15) is 12.5 Å². The van der Waals surface area contributed by atoms with Gasteiger partial charge in [0.05, 0.1) is 10.2 Å². The fourth-order valence-electron chi connectivity index (χ4n) is 2.61. The monoisotopic (exact) mass is 335 g/mol. The van der Waals surface area contributed by atoms with Crippen LogP contribution in [-0.2, 0) is 4.79 Å². The van der Waals surface area contributed by atoms with Crippen molar-refractivity contribution >= 4 is 38.3 Å². The van der Waals surface area contributed by atoms with Crippen LogP contribution < -0.4 is 5.01 Å². The van der Waals surface area contributed by atoms with E-state index in [0.717, 1.165) is 15.8 Å². The van der Waals surface area contributed by atoms with E-state index < -0.39 is 0 Å². The van der Waals surface area contributed by atoms with E-state index in [1.165, 1.54) is 23.3 Å². The summed E-state index contributed by atoms with van der Waals surface area (Å²) in [6.07, 6.45) is 0. The van der Waals surface area contributed by atoms with Crippen LogP contribution in [0, 0.1) is 0 Å². The number of carbonyl (C=O) groups excluding carboxylic acids is 1. The zero-order valence-corrected chi connectivity index (χ0v) is 13.6. The Balaban J connectivity index is 1.86. The van der Waals surface area contributed by atoms with Gasteiger partial charge < -0.3 is 5.11 Å². The molecule has 1 amide bonds. The Morgan fingerprint density at radius 3 is 2.50 bits per heavy atom. The summed E-state index contributed by atoms with van der Waals surface area (Å²) in [5, 5.41) is 16.2. The predicted molar refractivity (Wildman–Crippen MR) is 95.4 cm³/mol. The Morgan fingerprint density at radius 2 is 1.79 bits per heavy atom. The lowest BCUT2D eigenvalue weighted by molar-refractivity contribution is -0.114. The summed E-state index contributed by atoms with van der Waals surface area (Å²) in [7, 11) is 0. The first-order chi connectivity index (χ1) is 11.6. The molecule has 1 N–H and O–H groups in total. The van der Waals surface area contributed by atoms with Crippen molar-refractivity contribution in [3.05, 3.63) is 71.5 Å². The third kappa shape index (κ3) is 2.28. The first kappa shape index (κ1) is 14.6. The summed E-state index contributed by atoms with van der Waals surface area (Å²) in [4.78, 5) is 17.2. The van der Waals surface area contributed by atoms with E-state index >= 15 is 0 Å². The van der Waals surface area contributed by atoms with Crippen molar-refractivity contribution in [2.24, 2.45) is 5.10 Å². The van der Waals surface area contributed by atoms with Gasteiger partial charge in [-0.1, -0.05) is 53.8 Å². The summed E-state index contributed by atoms with van der Waals surface area (Å²) in [5.74, 6) is -0.417. The minimum atomic E-state index is -0.368. The summed E-state index contributed by atoms with van der Waals surface area (Å²) < 4.78 is 0.981. The molecule has 4 rings (SSSR count). The molecular formula is C18H13N3O2S. The lowest BCUT2D eigenvalue weighted by Gasteiger charge is -2.06. The van der Waals surface area contributed by atoms with Crippen LogP contribution in [0.3, 0.4) is 0 Å². The first-order valence-electron chi connectivity index (χ1n) is 7.39. The highest BCUT2D eigenvalue weighted by atomic mass is 32.1. The Bertz CT molecular complexity index is 968. The molecule has 0 saturated heterocycles. The highest BCUT2D eigenvalue weighted by molar-refractivity contribution is 7.22. The van der Waals surface area contributed by atoms with Crippen LogP contribution in [0.4, 0.5) is 5.13 Å². The standard InChI is InChI=1S/C18H13N3O2S/c1-11(22)15-16(12-7-3-2-4-8-12)20-21(17(15)23)18-19-13-9-5-6-10-14(13)24-18/h2-10,22H,1H3/b15-11-. The molecule has 0 atom stereocenters. The van der Waals surface area contributed by atoms with Gasteiger partial charge in [0.2, 0.25) is 5.13 Å². The summed E-state index contributed by atoms with van der Waals surface area (Å²) in [6, 6.07) is 17.0. The molecule has 118 valence electrons. The predicted octanol–water partition coefficient (Wildman–Crippen LogP) is 3.88. The van der Waals surface area contributed by atoms with Crippen molar-refractivity contribution in [2.45, 2.75) is 6.92 Å². The number of hydrogen-bond acceptors (Lipinski definition) is 5. The number of fused-ring (bicyclic) bond motifs is 1. The van der Waals surface area contributed by atoms with Gasteiger partial charge in [-0.25, -0.2) is 4.98 Å². The van der Waals surface area contributed by atoms with Crippen LogP contribution in [0.25, 0.3) is 10.2 Å². The highest BCUT2D eigenvalue weighted by Crippen LogP contribution is 2.33. The summed E-state index contributed by atoms with van der Waals surface area (Å²) in [6.45, 7) is 1.49. The van der Waals surface area contributed by atoms with Crippen molar-refractivity contribution in [3.8, 4) is 0 Å². The molecule has 0 aliphatic carbocycles. The van der Waals surface area contributed by atoms with Crippen molar-refractivity contribution in [1.82, 2.24) is 4.98 Å². The Hall–Kier alpha value is -2.99. The number of para-hydroxylation sites is 1. The number of benzene rings is 2. The minimum absolute atomic E-state index is 0.0498. The van der Waals surface area contributed by atoms with Crippen molar-refractivity contribution in [1.29, 1.82) is 0 Å². The van der Waals surface area contributed by atoms with Crippen molar-refractivity contribution in [2.75, 3.05) is 5.01 Å². The molecule has 0 saturated carbocycles. The number of rotatable bonds is 2. The quantitative estimate of drug-likeness (QED) is 0.571. The second-order valence-electron chi connectivity index (χ2n) is 5.36. The average molecular weight is 335 g/mol. The van der Waals surface area contributed by atoms with Gasteiger partial charge in [-0.3, -0.25) is 4.79 Å². The second kappa shape index (κ2) is 5.58. The van der Waals surface area contributed by atoms with E-state index in [2.05, 4.69) is 10.1 Å². The number of aromatic nitrogens is 1. The number of hydrogen-bond donors (Lipinski definition) is 1. The summed E-state index contributed by atoms with van der Waals surface area (Å²) >= 11 is 1.39. The molecule has 1 aliphatic rings. The molecule has 5 nitrogen and oxygen atoms in total. The molecular weight excluding hydrogens is 322 g/mol. The first-order valence-corrected chi connectivity index (χ1v) is 8.21. The second-order valence-corrected chi connectivity index (χ2v) is 6.37. The average Bonchev–Trinajstić information content (AvgIpc) is 3.16. The zero-order chi connectivity index (χ0) is 16.7. The molecule has 1 aliphatic heterocycles. The maximum Gasteiger partial charge on any atom is 0.286 e. The number of aliphatic hydroxyl groups excluding tert-OH is 1. The maximum absolute atomic E-state index is 12.8. The van der Waals surface area contributed by atoms with Gasteiger partial charge in [0, 0.05) is 5.56 Å². The van der Waals surface area contributed by atoms with E-state index in [-0.39, 0.29) is 17.2 Å². The zero-order valence-electron chi connectivity index (χ0n) is 12.8. The smallest absolute Gasteiger partial charge is 0.286 e. The van der Waals surface area contributed by atoms with E-state index in [4.69, 9.17) is 0 Å². The third-order valence-corrected chi connectivity index (χ3v) is 4.73. The largest absolute Gasteiger partial charge is 0.512 e. The third-order valence-electron chi connectivity index (χ3n) is 3.72. The Labute approximate surface area is 142 Å². The molecule has 0 spiro atoms. The fraction of sp³-hybridized carbons (Fsp3) is 0.0556. The van der Waals surface area contributed by atoms with Crippen molar-refractivity contribution in [3.63, 3.8) is 0 Å². The fourth-order valence-corrected chi connectivity index (χ4v) is 3.52. The molecule has 6 heteroatoms. The van der Waals surface area contributed by atoms with Crippen LogP contribution in [0.2, 0.25) is 0 Å². The van der Waals surface area contributed by atoms with Crippen LogP contribution in [-0.4, -0.2) is 21.7 Å². The lowest BCUT2D eigenvalue weighted by Crippen LogP contribution is -2.22. The molecule has 0 fully saturated rings. The lowest BCUT2D eigenvalue weighted by atomic mass is 10.0. The van der Waals surface area contributed by atoms with E-state index in [1.54, 1.807) is 0 Å². The molecule has 2 heterocycles. The van der Waals surface area contributed by atoms with Gasteiger partial charge in [0.25, 0.3) is 5.91 Å². The van der Waals surface area contributed by atoms with E-state index in [1.807, 2.05) is 54.6 Å². The normalized spacial score (nSPS) is 16.6. The van der Waals surface area contributed by atoms with Gasteiger partial charge in [-0.15, -0.1) is 0 Å². The van der Waals surface area contributed by atoms with Gasteiger partial charge in [0.1, 0.15) is 17.0 Å². The van der Waals surface area contributed by atoms with Gasteiger partial charge in [0.15, 0.2) is 0 Å². The highest BCUT2D eigenvalue weighted by Gasteiger charge is 2.35. The topological polar surface area (TPSA) is 65.8 Å². The minimum Gasteiger partial charge on any atom is -0.512 e. The Kier molecular flexibility index (Phi) is 3.39. The molecule has 0 radical (unpaired) electrons. The van der Waals surface area contributed by atoms with Crippen LogP contribution in [0.15, 0.2) is 71.0 Å². The number of hydrazone groups is 1. The molecule has 2 aromatic carbocycles. The SMILES string of the molecule is C/C(O)=C1/C(=O)N(c2nc3ccccc3s2)N=C1c1ccccc1. The number of carbonyl (C=O) groups is 1. The number of anilines is 1. The maximum atomic E-state index is 12.8. The van der Waals surface area contributed by atoms with Gasteiger partial charge >= 0.3 is 0 Å². The van der Waals surface area contributed by atoms with Crippen LogP contribution in [0.5, 0.6) is 0 Å². The molecule has 1 aromatic heterocycles. The Morgan fingerprint density at radius 1 is 1.08 bits per heavy atom. The number of thiazole rings is 1. The number of aliphatic hydroxyl groups is 1. The number of amides is 1. The van der Waals surface area contributed by atoms with Crippen LogP contribution >= 0.6 is 11.3 Å². The van der Waals surface area contributed by atoms with E-state index in [9.17, 15) is 9.90 Å². The molecule has 0 unspecified atom stereocenters. The van der Waals surface area contributed by atoms with Gasteiger partial charge in [-0.2, -0.15) is 10.1 Å². The number of nitrogens with zero attached hydrogens (tertiary/aromatic N) is 3. The molecule has 24 heavy (non-hydrogen) atoms. The summed E-state index contributed by atoms with van der Waals surface area (Å²) in [5.41, 5.74) is 2.26. The molecule has 0 bridgehead atoms. The number of allylic oxidation sites excluding steroid dienone is 1. The van der Waals surface area contributed by atoms with Crippen molar-refractivity contribution < 1.29 is 9.90 Å². The molecule has 3 aromatic rings. The van der Waals surface area contributed by atoms with E-state index in [0.29, 0.717) is 10.8 Å². The van der Waals surface area contributed by atoms with Gasteiger partial charge in [-0.05, 0) is 19.1 Å².